The van der Waals surface area contributed by atoms with Gasteiger partial charge in [-0.25, -0.2) is 0 Å². The summed E-state index contributed by atoms with van der Waals surface area (Å²) in [6, 6.07) is 11.3. The molecule has 0 aliphatic rings. The van der Waals surface area contributed by atoms with E-state index in [0.29, 0.717) is 35.3 Å². The molecule has 0 bridgehead atoms. The molecule has 0 aromatic heterocycles. The van der Waals surface area contributed by atoms with Crippen molar-refractivity contribution in [1.29, 1.82) is 0 Å². The number of aryl methyl sites for hydroxylation is 1. The Balaban J connectivity index is 2.21. The van der Waals surface area contributed by atoms with Gasteiger partial charge in [-0.3, -0.25) is 4.79 Å². The number of halogens is 1. The molecular weight excluding hydrogens is 288 g/mol. The molecule has 0 amide bonds. The summed E-state index contributed by atoms with van der Waals surface area (Å²) < 4.78 is 11.3. The summed E-state index contributed by atoms with van der Waals surface area (Å²) in [6.45, 7) is 4.76. The van der Waals surface area contributed by atoms with Crippen LogP contribution >= 0.6 is 11.6 Å². The van der Waals surface area contributed by atoms with Gasteiger partial charge in [0.2, 0.25) is 0 Å². The summed E-state index contributed by atoms with van der Waals surface area (Å²) in [5.41, 5.74) is 2.70. The quantitative estimate of drug-likeness (QED) is 0.740. The van der Waals surface area contributed by atoms with Crippen LogP contribution in [0.1, 0.15) is 28.4 Å². The Bertz CT molecular complexity index is 621. The first-order valence-electron chi connectivity index (χ1n) is 6.74. The van der Waals surface area contributed by atoms with Crippen LogP contribution < -0.4 is 9.47 Å². The summed E-state index contributed by atoms with van der Waals surface area (Å²) in [5.74, 6) is 0.948. The van der Waals surface area contributed by atoms with E-state index in [9.17, 15) is 4.79 Å². The number of carbonyl (C=O) groups excluding carboxylic acids is 1. The fraction of sp³-hybridized carbons (Fsp3) is 0.235. The molecule has 0 aliphatic heterocycles. The van der Waals surface area contributed by atoms with E-state index in [-0.39, 0.29) is 0 Å². The molecular formula is C17H17ClO3. The minimum Gasteiger partial charge on any atom is -0.490 e. The second-order valence-corrected chi connectivity index (χ2v) is 5.06. The highest BCUT2D eigenvalue weighted by atomic mass is 35.5. The van der Waals surface area contributed by atoms with E-state index in [0.717, 1.165) is 11.8 Å². The first kappa shape index (κ1) is 15.4. The van der Waals surface area contributed by atoms with Gasteiger partial charge in [0, 0.05) is 5.56 Å². The van der Waals surface area contributed by atoms with Gasteiger partial charge in [0.1, 0.15) is 12.9 Å². The van der Waals surface area contributed by atoms with Crippen molar-refractivity contribution in [3.05, 3.63) is 58.1 Å². The van der Waals surface area contributed by atoms with E-state index in [1.165, 1.54) is 5.56 Å². The van der Waals surface area contributed by atoms with Gasteiger partial charge in [-0.15, -0.1) is 0 Å². The number of ether oxygens (including phenoxy) is 2. The zero-order valence-corrected chi connectivity index (χ0v) is 12.8. The molecule has 110 valence electrons. The van der Waals surface area contributed by atoms with Crippen molar-refractivity contribution >= 4 is 17.9 Å². The Morgan fingerprint density at radius 2 is 1.86 bits per heavy atom. The van der Waals surface area contributed by atoms with Crippen LogP contribution in [0, 0.1) is 6.92 Å². The summed E-state index contributed by atoms with van der Waals surface area (Å²) in [6.07, 6.45) is 0.734. The number of aldehydes is 1. The van der Waals surface area contributed by atoms with E-state index in [1.807, 2.05) is 38.1 Å². The molecule has 3 nitrogen and oxygen atoms in total. The largest absolute Gasteiger partial charge is 0.490 e. The molecule has 2 aromatic carbocycles. The normalized spacial score (nSPS) is 10.2. The van der Waals surface area contributed by atoms with E-state index >= 15 is 0 Å². The SMILES string of the molecule is CCOc1cc(C=O)cc(Cl)c1OCc1ccc(C)cc1. The molecule has 0 N–H and O–H groups in total. The van der Waals surface area contributed by atoms with Gasteiger partial charge in [0.25, 0.3) is 0 Å². The topological polar surface area (TPSA) is 35.5 Å². The van der Waals surface area contributed by atoms with Crippen molar-refractivity contribution in [3.8, 4) is 11.5 Å². The predicted octanol–water partition coefficient (Wildman–Crippen LogP) is 4.44. The van der Waals surface area contributed by atoms with Crippen LogP contribution in [-0.4, -0.2) is 12.9 Å². The van der Waals surface area contributed by atoms with Crippen molar-refractivity contribution in [2.45, 2.75) is 20.5 Å². The smallest absolute Gasteiger partial charge is 0.180 e. The molecule has 2 rings (SSSR count). The van der Waals surface area contributed by atoms with Crippen LogP contribution in [0.5, 0.6) is 11.5 Å². The zero-order valence-electron chi connectivity index (χ0n) is 12.1. The Hall–Kier alpha value is -2.00. The van der Waals surface area contributed by atoms with Crippen molar-refractivity contribution in [3.63, 3.8) is 0 Å². The first-order valence-corrected chi connectivity index (χ1v) is 7.11. The summed E-state index contributed by atoms with van der Waals surface area (Å²) in [7, 11) is 0. The third kappa shape index (κ3) is 3.99. The molecule has 2 aromatic rings. The lowest BCUT2D eigenvalue weighted by Crippen LogP contribution is -2.01. The highest BCUT2D eigenvalue weighted by Gasteiger charge is 2.12. The molecule has 0 atom stereocenters. The van der Waals surface area contributed by atoms with Crippen molar-refractivity contribution in [1.82, 2.24) is 0 Å². The van der Waals surface area contributed by atoms with Gasteiger partial charge in [-0.2, -0.15) is 0 Å². The first-order chi connectivity index (χ1) is 10.1. The van der Waals surface area contributed by atoms with E-state index in [4.69, 9.17) is 21.1 Å². The van der Waals surface area contributed by atoms with Crippen molar-refractivity contribution in [2.24, 2.45) is 0 Å². The number of rotatable bonds is 6. The van der Waals surface area contributed by atoms with Gasteiger partial charge in [-0.1, -0.05) is 41.4 Å². The maximum absolute atomic E-state index is 10.9. The van der Waals surface area contributed by atoms with Crippen LogP contribution in [0.25, 0.3) is 0 Å². The van der Waals surface area contributed by atoms with Crippen LogP contribution in [0.2, 0.25) is 5.02 Å². The van der Waals surface area contributed by atoms with Gasteiger partial charge in [0.15, 0.2) is 11.5 Å². The average molecular weight is 305 g/mol. The maximum Gasteiger partial charge on any atom is 0.180 e. The minimum atomic E-state index is 0.371. The van der Waals surface area contributed by atoms with Gasteiger partial charge in [0.05, 0.1) is 11.6 Å². The average Bonchev–Trinajstić information content (AvgIpc) is 2.48. The Morgan fingerprint density at radius 3 is 2.48 bits per heavy atom. The lowest BCUT2D eigenvalue weighted by Gasteiger charge is -2.14. The van der Waals surface area contributed by atoms with E-state index in [1.54, 1.807) is 12.1 Å². The standard InChI is InChI=1S/C17H17ClO3/c1-3-20-16-9-14(10-19)8-15(18)17(16)21-11-13-6-4-12(2)5-7-13/h4-10H,3,11H2,1-2H3. The number of benzene rings is 2. The van der Waals surface area contributed by atoms with Crippen LogP contribution in [0.15, 0.2) is 36.4 Å². The molecule has 0 saturated heterocycles. The predicted molar refractivity (Wildman–Crippen MR) is 83.5 cm³/mol. The molecule has 0 aliphatic carbocycles. The number of hydrogen-bond acceptors (Lipinski definition) is 3. The Kier molecular flexibility index (Phi) is 5.23. The summed E-state index contributed by atoms with van der Waals surface area (Å²) in [5, 5.41) is 0.371. The summed E-state index contributed by atoms with van der Waals surface area (Å²) >= 11 is 6.18. The van der Waals surface area contributed by atoms with E-state index < -0.39 is 0 Å². The minimum absolute atomic E-state index is 0.371. The highest BCUT2D eigenvalue weighted by molar-refractivity contribution is 6.32. The molecule has 0 spiro atoms. The molecule has 0 heterocycles. The van der Waals surface area contributed by atoms with Gasteiger partial charge >= 0.3 is 0 Å². The molecule has 0 radical (unpaired) electrons. The third-order valence-electron chi connectivity index (χ3n) is 2.97. The maximum atomic E-state index is 10.9. The van der Waals surface area contributed by atoms with Crippen LogP contribution in [0.3, 0.4) is 0 Å². The molecule has 0 unspecified atom stereocenters. The lowest BCUT2D eigenvalue weighted by atomic mass is 10.2. The highest BCUT2D eigenvalue weighted by Crippen LogP contribution is 2.36. The third-order valence-corrected chi connectivity index (χ3v) is 3.25. The molecule has 0 saturated carbocycles. The Morgan fingerprint density at radius 1 is 1.14 bits per heavy atom. The Labute approximate surface area is 129 Å². The molecule has 0 fully saturated rings. The van der Waals surface area contributed by atoms with Crippen molar-refractivity contribution in [2.75, 3.05) is 6.61 Å². The fourth-order valence-corrected chi connectivity index (χ4v) is 2.17. The van der Waals surface area contributed by atoms with Gasteiger partial charge in [-0.05, 0) is 31.5 Å². The zero-order chi connectivity index (χ0) is 15.2. The van der Waals surface area contributed by atoms with Crippen molar-refractivity contribution < 1.29 is 14.3 Å². The fourth-order valence-electron chi connectivity index (χ4n) is 1.90. The van der Waals surface area contributed by atoms with Crippen LogP contribution in [0.4, 0.5) is 0 Å². The summed E-state index contributed by atoms with van der Waals surface area (Å²) in [4.78, 5) is 10.9. The van der Waals surface area contributed by atoms with Gasteiger partial charge < -0.3 is 9.47 Å². The van der Waals surface area contributed by atoms with Crippen LogP contribution in [-0.2, 0) is 6.61 Å². The number of hydrogen-bond donors (Lipinski definition) is 0. The molecule has 4 heteroatoms. The number of carbonyl (C=O) groups is 1. The molecule has 21 heavy (non-hydrogen) atoms. The van der Waals surface area contributed by atoms with E-state index in [2.05, 4.69) is 0 Å². The lowest BCUT2D eigenvalue weighted by molar-refractivity contribution is 0.112. The second-order valence-electron chi connectivity index (χ2n) is 4.66. The second kappa shape index (κ2) is 7.14. The monoisotopic (exact) mass is 304 g/mol.